The van der Waals surface area contributed by atoms with Gasteiger partial charge in [0.25, 0.3) is 0 Å². The van der Waals surface area contributed by atoms with E-state index in [4.69, 9.17) is 19.8 Å². The number of hydrogen-bond donors (Lipinski definition) is 3. The summed E-state index contributed by atoms with van der Waals surface area (Å²) in [5.41, 5.74) is 2.58. The van der Waals surface area contributed by atoms with Crippen LogP contribution in [0.4, 0.5) is 0 Å². The van der Waals surface area contributed by atoms with Crippen LogP contribution < -0.4 is 5.59 Å². The molecule has 110 valence electrons. The Labute approximate surface area is 116 Å². The molecule has 2 atom stereocenters. The number of nitrogens with one attached hydrogen (secondary N) is 2. The van der Waals surface area contributed by atoms with Gasteiger partial charge >= 0.3 is 5.97 Å². The Hall–Kier alpha value is -1.70. The fraction of sp³-hybridized carbons (Fsp3) is 0.538. The summed E-state index contributed by atoms with van der Waals surface area (Å²) in [6.07, 6.45) is 4.08. The molecule has 0 amide bonds. The first-order valence-electron chi connectivity index (χ1n) is 6.58. The Balaban J connectivity index is 1.81. The van der Waals surface area contributed by atoms with Crippen molar-refractivity contribution in [2.24, 2.45) is 0 Å². The number of nitrogens with zero attached hydrogens (tertiary/aromatic N) is 1. The van der Waals surface area contributed by atoms with Crippen molar-refractivity contribution in [3.8, 4) is 0 Å². The van der Waals surface area contributed by atoms with Gasteiger partial charge in [-0.2, -0.15) is 0 Å². The van der Waals surface area contributed by atoms with Gasteiger partial charge in [-0.3, -0.25) is 10.2 Å². The quantitative estimate of drug-likeness (QED) is 0.520. The number of carboxylic acids is 1. The van der Waals surface area contributed by atoms with Crippen LogP contribution in [0.5, 0.6) is 0 Å². The van der Waals surface area contributed by atoms with Gasteiger partial charge in [0.2, 0.25) is 0 Å². The molecule has 0 aromatic carbocycles. The van der Waals surface area contributed by atoms with Crippen LogP contribution >= 0.6 is 0 Å². The molecule has 0 saturated carbocycles. The van der Waals surface area contributed by atoms with Crippen LogP contribution in [-0.2, 0) is 9.63 Å². The molecule has 7 nitrogen and oxygen atoms in total. The van der Waals surface area contributed by atoms with E-state index >= 15 is 0 Å². The van der Waals surface area contributed by atoms with E-state index in [0.717, 1.165) is 18.6 Å². The summed E-state index contributed by atoms with van der Waals surface area (Å²) < 4.78 is 5.37. The maximum atomic E-state index is 10.5. The van der Waals surface area contributed by atoms with Crippen molar-refractivity contribution in [2.45, 2.75) is 37.8 Å². The summed E-state index contributed by atoms with van der Waals surface area (Å²) in [4.78, 5) is 16.0. The molecule has 2 unspecified atom stereocenters. The zero-order valence-corrected chi connectivity index (χ0v) is 11.3. The van der Waals surface area contributed by atoms with E-state index in [2.05, 4.69) is 5.59 Å². The van der Waals surface area contributed by atoms with Crippen molar-refractivity contribution in [3.63, 3.8) is 0 Å². The first kappa shape index (κ1) is 14.7. The number of aliphatic carboxylic acids is 1. The summed E-state index contributed by atoms with van der Waals surface area (Å²) in [5.74, 6) is -0.369. The van der Waals surface area contributed by atoms with E-state index in [1.807, 2.05) is 24.2 Å². The zero-order valence-electron chi connectivity index (χ0n) is 11.3. The van der Waals surface area contributed by atoms with Crippen molar-refractivity contribution >= 4 is 11.7 Å². The first-order chi connectivity index (χ1) is 9.59. The van der Waals surface area contributed by atoms with Gasteiger partial charge in [-0.15, -0.1) is 5.59 Å². The number of likely N-dealkylation sites (N-methyl/N-ethyl adjacent to an activating group) is 1. The Morgan fingerprint density at radius 3 is 3.00 bits per heavy atom. The van der Waals surface area contributed by atoms with E-state index in [-0.39, 0.29) is 17.9 Å². The van der Waals surface area contributed by atoms with E-state index in [0.29, 0.717) is 12.8 Å². The third kappa shape index (κ3) is 3.44. The second kappa shape index (κ2) is 6.65. The van der Waals surface area contributed by atoms with Gasteiger partial charge < -0.3 is 9.52 Å². The fourth-order valence-corrected chi connectivity index (χ4v) is 2.30. The summed E-state index contributed by atoms with van der Waals surface area (Å²) >= 11 is 0. The van der Waals surface area contributed by atoms with E-state index in [1.165, 1.54) is 0 Å². The average molecular weight is 281 g/mol. The first-order valence-corrected chi connectivity index (χ1v) is 6.58. The third-order valence-corrected chi connectivity index (χ3v) is 3.43. The number of hydrogen-bond acceptors (Lipinski definition) is 6. The predicted molar refractivity (Wildman–Crippen MR) is 71.1 cm³/mol. The number of carbonyl (C=O) groups is 1. The predicted octanol–water partition coefficient (Wildman–Crippen LogP) is 1.74. The zero-order chi connectivity index (χ0) is 14.5. The van der Waals surface area contributed by atoms with E-state index < -0.39 is 5.97 Å². The number of unbranched alkanes of at least 4 members (excludes halogenated alkanes) is 1. The van der Waals surface area contributed by atoms with Gasteiger partial charge in [0.1, 0.15) is 11.5 Å². The number of hydrazine groups is 1. The number of furan rings is 1. The summed E-state index contributed by atoms with van der Waals surface area (Å²) in [7, 11) is 1.90. The van der Waals surface area contributed by atoms with Crippen LogP contribution in [0.25, 0.3) is 0 Å². The monoisotopic (exact) mass is 281 g/mol. The minimum absolute atomic E-state index is 0.125. The average Bonchev–Trinajstić information content (AvgIpc) is 3.04. The molecule has 7 heteroatoms. The molecule has 0 spiro atoms. The minimum Gasteiger partial charge on any atom is -0.477 e. The maximum Gasteiger partial charge on any atom is 0.349 e. The molecular formula is C13H19N3O4. The molecular weight excluding hydrogens is 262 g/mol. The molecule has 1 aromatic heterocycles. The van der Waals surface area contributed by atoms with Crippen molar-refractivity contribution < 1.29 is 19.2 Å². The van der Waals surface area contributed by atoms with E-state index in [1.54, 1.807) is 6.26 Å². The standard InChI is InChI=1S/C13H19N3O4/c1-16-10(6-3-2-5-9(14)13(17)18)12(20-15-16)11-7-4-8-19-11/h4,7-8,10,12,14-15H,2-3,5-6H2,1H3,(H,17,18). The molecule has 0 bridgehead atoms. The lowest BCUT2D eigenvalue weighted by Crippen LogP contribution is -2.33. The molecule has 1 saturated heterocycles. The molecule has 1 fully saturated rings. The summed E-state index contributed by atoms with van der Waals surface area (Å²) in [5, 5.41) is 17.8. The molecule has 3 N–H and O–H groups in total. The van der Waals surface area contributed by atoms with Crippen molar-refractivity contribution in [2.75, 3.05) is 7.05 Å². The normalized spacial score (nSPS) is 23.1. The van der Waals surface area contributed by atoms with Crippen LogP contribution in [0.3, 0.4) is 0 Å². The molecule has 1 aliphatic rings. The minimum atomic E-state index is -1.14. The lowest BCUT2D eigenvalue weighted by Gasteiger charge is -2.19. The summed E-state index contributed by atoms with van der Waals surface area (Å²) in [6.45, 7) is 0. The fourth-order valence-electron chi connectivity index (χ4n) is 2.30. The number of rotatable bonds is 7. The highest BCUT2D eigenvalue weighted by Gasteiger charge is 2.35. The highest BCUT2D eigenvalue weighted by Crippen LogP contribution is 2.31. The van der Waals surface area contributed by atoms with Crippen LogP contribution in [0.15, 0.2) is 22.8 Å². The van der Waals surface area contributed by atoms with Gasteiger partial charge in [-0.05, 0) is 31.4 Å². The van der Waals surface area contributed by atoms with Gasteiger partial charge in [0, 0.05) is 7.05 Å². The topological polar surface area (TPSA) is 98.8 Å². The Morgan fingerprint density at radius 1 is 1.55 bits per heavy atom. The van der Waals surface area contributed by atoms with Crippen LogP contribution in [-0.4, -0.2) is 34.9 Å². The second-order valence-corrected chi connectivity index (χ2v) is 4.85. The van der Waals surface area contributed by atoms with E-state index in [9.17, 15) is 4.79 Å². The molecule has 0 radical (unpaired) electrons. The maximum absolute atomic E-state index is 10.5. The smallest absolute Gasteiger partial charge is 0.349 e. The Bertz CT molecular complexity index is 460. The SMILES string of the molecule is CN1NOC(c2ccco2)C1CCCCC(=N)C(=O)O. The third-order valence-electron chi connectivity index (χ3n) is 3.43. The van der Waals surface area contributed by atoms with Crippen LogP contribution in [0, 0.1) is 5.41 Å². The van der Waals surface area contributed by atoms with Crippen LogP contribution in [0.2, 0.25) is 0 Å². The summed E-state index contributed by atoms with van der Waals surface area (Å²) in [6, 6.07) is 3.82. The lowest BCUT2D eigenvalue weighted by atomic mass is 10.0. The van der Waals surface area contributed by atoms with Gasteiger partial charge in [-0.25, -0.2) is 9.80 Å². The van der Waals surface area contributed by atoms with Gasteiger partial charge in [0.15, 0.2) is 6.10 Å². The van der Waals surface area contributed by atoms with Gasteiger partial charge in [0.05, 0.1) is 12.3 Å². The van der Waals surface area contributed by atoms with Crippen molar-refractivity contribution in [1.29, 1.82) is 5.41 Å². The van der Waals surface area contributed by atoms with Crippen molar-refractivity contribution in [3.05, 3.63) is 24.2 Å². The molecule has 2 heterocycles. The lowest BCUT2D eigenvalue weighted by molar-refractivity contribution is -0.129. The Kier molecular flexibility index (Phi) is 4.89. The highest BCUT2D eigenvalue weighted by molar-refractivity contribution is 6.34. The molecule has 1 aromatic rings. The largest absolute Gasteiger partial charge is 0.477 e. The molecule has 2 rings (SSSR count). The molecule has 0 aliphatic carbocycles. The van der Waals surface area contributed by atoms with Crippen LogP contribution in [0.1, 0.15) is 37.5 Å². The molecule has 20 heavy (non-hydrogen) atoms. The number of carboxylic acid groups (broad SMARTS) is 1. The van der Waals surface area contributed by atoms with Crippen molar-refractivity contribution in [1.82, 2.24) is 10.6 Å². The molecule has 1 aliphatic heterocycles. The second-order valence-electron chi connectivity index (χ2n) is 4.85. The Morgan fingerprint density at radius 2 is 2.35 bits per heavy atom. The highest BCUT2D eigenvalue weighted by atomic mass is 16.7. The van der Waals surface area contributed by atoms with Gasteiger partial charge in [-0.1, -0.05) is 6.42 Å².